The predicted octanol–water partition coefficient (Wildman–Crippen LogP) is 3.90. The molecule has 1 fully saturated rings. The summed E-state index contributed by atoms with van der Waals surface area (Å²) in [7, 11) is 0. The van der Waals surface area contributed by atoms with Gasteiger partial charge >= 0.3 is 0 Å². The number of aromatic nitrogens is 5. The maximum absolute atomic E-state index is 5.43. The molecule has 0 unspecified atom stereocenters. The van der Waals surface area contributed by atoms with Gasteiger partial charge in [0.2, 0.25) is 11.8 Å². The van der Waals surface area contributed by atoms with Crippen molar-refractivity contribution in [3.05, 3.63) is 47.7 Å². The Morgan fingerprint density at radius 2 is 2.18 bits per heavy atom. The summed E-state index contributed by atoms with van der Waals surface area (Å²) < 4.78 is 7.56. The van der Waals surface area contributed by atoms with Crippen molar-refractivity contribution in [2.24, 2.45) is 10.9 Å². The lowest BCUT2D eigenvalue weighted by molar-refractivity contribution is 0.506. The molecule has 144 valence electrons. The van der Waals surface area contributed by atoms with Gasteiger partial charge in [-0.15, -0.1) is 10.2 Å². The maximum Gasteiger partial charge on any atom is 0.243 e. The third kappa shape index (κ3) is 3.85. The lowest BCUT2D eigenvalue weighted by Gasteiger charge is -2.08. The molecule has 3 aromatic rings. The van der Waals surface area contributed by atoms with E-state index in [1.165, 1.54) is 12.8 Å². The number of imidazole rings is 1. The Kier molecular flexibility index (Phi) is 4.77. The zero-order chi connectivity index (χ0) is 19.7. The number of nitrogens with one attached hydrogen (secondary N) is 1. The van der Waals surface area contributed by atoms with E-state index in [0.717, 1.165) is 34.8 Å². The number of anilines is 1. The second-order valence-electron chi connectivity index (χ2n) is 7.15. The largest absolute Gasteiger partial charge is 0.421 e. The molecule has 8 heteroatoms. The smallest absolute Gasteiger partial charge is 0.243 e. The average Bonchev–Trinajstić information content (AvgIpc) is 3.24. The minimum Gasteiger partial charge on any atom is -0.421 e. The van der Waals surface area contributed by atoms with E-state index in [0.29, 0.717) is 23.4 Å². The number of pyridine rings is 1. The van der Waals surface area contributed by atoms with Crippen molar-refractivity contribution in [2.45, 2.75) is 40.2 Å². The highest BCUT2D eigenvalue weighted by Crippen LogP contribution is 2.32. The van der Waals surface area contributed by atoms with Gasteiger partial charge in [0, 0.05) is 19.0 Å². The number of hydrogen-bond acceptors (Lipinski definition) is 7. The van der Waals surface area contributed by atoms with Crippen molar-refractivity contribution in [2.75, 3.05) is 5.32 Å². The molecule has 0 bridgehead atoms. The molecule has 0 atom stereocenters. The second kappa shape index (κ2) is 7.38. The lowest BCUT2D eigenvalue weighted by atomic mass is 10.2. The Morgan fingerprint density at radius 1 is 1.36 bits per heavy atom. The second-order valence-corrected chi connectivity index (χ2v) is 7.15. The molecule has 0 amide bonds. The van der Waals surface area contributed by atoms with Gasteiger partial charge < -0.3 is 14.3 Å². The number of aliphatic imine (C=N–C) groups is 1. The number of allylic oxidation sites excluding steroid dienone is 3. The Morgan fingerprint density at radius 3 is 2.86 bits per heavy atom. The minimum absolute atomic E-state index is 0.483. The van der Waals surface area contributed by atoms with Crippen molar-refractivity contribution in [3.63, 3.8) is 0 Å². The summed E-state index contributed by atoms with van der Waals surface area (Å²) >= 11 is 0. The third-order valence-corrected chi connectivity index (χ3v) is 4.70. The van der Waals surface area contributed by atoms with E-state index in [4.69, 9.17) is 9.40 Å². The summed E-state index contributed by atoms with van der Waals surface area (Å²) in [5.41, 5.74) is 3.74. The zero-order valence-electron chi connectivity index (χ0n) is 16.3. The molecular formula is C20H23N7O. The van der Waals surface area contributed by atoms with Crippen LogP contribution in [0.25, 0.3) is 16.7 Å². The highest BCUT2D eigenvalue weighted by Gasteiger charge is 2.23. The van der Waals surface area contributed by atoms with Gasteiger partial charge in [0.05, 0.1) is 6.33 Å². The SMILES string of the molecule is C=N/C(=C\C=C(/C)c1nnc(C)o1)Nc1cc(C)c2ncn(CC3CC3)c2n1. The van der Waals surface area contributed by atoms with Crippen LogP contribution in [0.1, 0.15) is 37.1 Å². The number of fused-ring (bicyclic) bond motifs is 1. The first kappa shape index (κ1) is 18.1. The maximum atomic E-state index is 5.43. The molecular weight excluding hydrogens is 354 g/mol. The van der Waals surface area contributed by atoms with E-state index in [-0.39, 0.29) is 0 Å². The summed E-state index contributed by atoms with van der Waals surface area (Å²) in [4.78, 5) is 13.3. The first-order valence-corrected chi connectivity index (χ1v) is 9.29. The van der Waals surface area contributed by atoms with Crippen molar-refractivity contribution in [3.8, 4) is 0 Å². The van der Waals surface area contributed by atoms with Crippen LogP contribution in [0.5, 0.6) is 0 Å². The van der Waals surface area contributed by atoms with Gasteiger partial charge in [-0.1, -0.05) is 6.08 Å². The van der Waals surface area contributed by atoms with Crippen LogP contribution >= 0.6 is 0 Å². The fraction of sp³-hybridized carbons (Fsp3) is 0.350. The van der Waals surface area contributed by atoms with Gasteiger partial charge in [-0.05, 0) is 57.0 Å². The van der Waals surface area contributed by atoms with E-state index >= 15 is 0 Å². The molecule has 0 saturated heterocycles. The molecule has 3 aromatic heterocycles. The molecule has 3 heterocycles. The van der Waals surface area contributed by atoms with Crippen LogP contribution in [0.2, 0.25) is 0 Å². The van der Waals surface area contributed by atoms with Gasteiger partial charge in [0.25, 0.3) is 0 Å². The molecule has 1 saturated carbocycles. The normalized spacial score (nSPS) is 15.2. The summed E-state index contributed by atoms with van der Waals surface area (Å²) in [5.74, 6) is 3.05. The van der Waals surface area contributed by atoms with Gasteiger partial charge in [0.15, 0.2) is 5.65 Å². The van der Waals surface area contributed by atoms with Crippen molar-refractivity contribution >= 4 is 29.3 Å². The van der Waals surface area contributed by atoms with Crippen LogP contribution < -0.4 is 5.32 Å². The number of aryl methyl sites for hydroxylation is 2. The van der Waals surface area contributed by atoms with Crippen molar-refractivity contribution in [1.82, 2.24) is 24.7 Å². The van der Waals surface area contributed by atoms with E-state index in [2.05, 4.69) is 36.8 Å². The Labute approximate surface area is 163 Å². The molecule has 4 rings (SSSR count). The fourth-order valence-electron chi connectivity index (χ4n) is 2.96. The van der Waals surface area contributed by atoms with Crippen LogP contribution in [-0.4, -0.2) is 31.4 Å². The monoisotopic (exact) mass is 377 g/mol. The summed E-state index contributed by atoms with van der Waals surface area (Å²) in [6, 6.07) is 1.97. The Hall–Kier alpha value is -3.29. The van der Waals surface area contributed by atoms with Crippen LogP contribution in [0.15, 0.2) is 39.8 Å². The van der Waals surface area contributed by atoms with E-state index in [1.54, 1.807) is 6.92 Å². The third-order valence-electron chi connectivity index (χ3n) is 4.70. The van der Waals surface area contributed by atoms with Crippen LogP contribution in [-0.2, 0) is 6.54 Å². The molecule has 0 aliphatic heterocycles. The zero-order valence-corrected chi connectivity index (χ0v) is 16.3. The number of rotatable bonds is 7. The van der Waals surface area contributed by atoms with E-state index in [1.807, 2.05) is 38.4 Å². The molecule has 0 aromatic carbocycles. The highest BCUT2D eigenvalue weighted by molar-refractivity contribution is 5.77. The van der Waals surface area contributed by atoms with Gasteiger partial charge in [-0.3, -0.25) is 0 Å². The predicted molar refractivity (Wildman–Crippen MR) is 109 cm³/mol. The topological polar surface area (TPSA) is 94.0 Å². The molecule has 1 aliphatic rings. The Balaban J connectivity index is 1.59. The summed E-state index contributed by atoms with van der Waals surface area (Å²) in [6.07, 6.45) is 8.12. The molecule has 0 spiro atoms. The van der Waals surface area contributed by atoms with E-state index in [9.17, 15) is 0 Å². The lowest BCUT2D eigenvalue weighted by Crippen LogP contribution is -2.03. The Bertz CT molecular complexity index is 1090. The summed E-state index contributed by atoms with van der Waals surface area (Å²) in [5, 5.41) is 11.1. The first-order valence-electron chi connectivity index (χ1n) is 9.29. The molecule has 8 nitrogen and oxygen atoms in total. The number of hydrogen-bond donors (Lipinski definition) is 1. The summed E-state index contributed by atoms with van der Waals surface area (Å²) in [6.45, 7) is 10.3. The molecule has 0 radical (unpaired) electrons. The standard InChI is InChI=1S/C20H23N7O/c1-12(20-26-25-14(3)28-20)5-8-16(21-4)23-17-9-13(2)18-19(24-17)27(11-22-18)10-15-6-7-15/h5,8-9,11,15H,4,6-7,10H2,1-3H3,(H,23,24)/b12-5+,16-8+. The van der Waals surface area contributed by atoms with Crippen molar-refractivity contribution < 1.29 is 4.42 Å². The van der Waals surface area contributed by atoms with Crippen LogP contribution in [0.3, 0.4) is 0 Å². The van der Waals surface area contributed by atoms with Gasteiger partial charge in [0.1, 0.15) is 17.2 Å². The van der Waals surface area contributed by atoms with Gasteiger partial charge in [-0.2, -0.15) is 0 Å². The first-order chi connectivity index (χ1) is 13.5. The molecule has 1 N–H and O–H groups in total. The van der Waals surface area contributed by atoms with Crippen molar-refractivity contribution in [1.29, 1.82) is 0 Å². The fourth-order valence-corrected chi connectivity index (χ4v) is 2.96. The minimum atomic E-state index is 0.483. The molecule has 28 heavy (non-hydrogen) atoms. The highest BCUT2D eigenvalue weighted by atomic mass is 16.4. The van der Waals surface area contributed by atoms with Crippen LogP contribution in [0, 0.1) is 19.8 Å². The van der Waals surface area contributed by atoms with Crippen LogP contribution in [0.4, 0.5) is 5.82 Å². The quantitative estimate of drug-likeness (QED) is 0.496. The van der Waals surface area contributed by atoms with Gasteiger partial charge in [-0.25, -0.2) is 15.0 Å². The number of nitrogens with zero attached hydrogens (tertiary/aromatic N) is 6. The van der Waals surface area contributed by atoms with E-state index < -0.39 is 0 Å². The molecule has 1 aliphatic carbocycles. The average molecular weight is 377 g/mol.